The van der Waals surface area contributed by atoms with E-state index in [0.29, 0.717) is 5.92 Å². The van der Waals surface area contributed by atoms with E-state index in [1.807, 2.05) is 35.7 Å². The van der Waals surface area contributed by atoms with E-state index in [9.17, 15) is 9.59 Å². The zero-order valence-corrected chi connectivity index (χ0v) is 15.3. The molecule has 1 amide bonds. The van der Waals surface area contributed by atoms with Crippen molar-refractivity contribution in [2.75, 3.05) is 0 Å². The third-order valence-corrected chi connectivity index (χ3v) is 5.88. The van der Waals surface area contributed by atoms with E-state index in [1.165, 1.54) is 36.2 Å². The molecular weight excluding hydrogens is 330 g/mol. The number of carbonyl (C=O) groups is 2. The summed E-state index contributed by atoms with van der Waals surface area (Å²) in [6.07, 6.45) is 6.62. The molecule has 1 saturated carbocycles. The molecule has 1 atom stereocenters. The van der Waals surface area contributed by atoms with Crippen LogP contribution >= 0.6 is 11.3 Å². The van der Waals surface area contributed by atoms with Crippen molar-refractivity contribution in [3.05, 3.63) is 58.3 Å². The van der Waals surface area contributed by atoms with Crippen molar-refractivity contribution in [2.24, 2.45) is 5.92 Å². The van der Waals surface area contributed by atoms with E-state index in [1.54, 1.807) is 0 Å². The van der Waals surface area contributed by atoms with Crippen LogP contribution in [0.3, 0.4) is 0 Å². The van der Waals surface area contributed by atoms with Gasteiger partial charge in [0.15, 0.2) is 5.78 Å². The third kappa shape index (κ3) is 5.02. The predicted molar refractivity (Wildman–Crippen MR) is 102 cm³/mol. The number of benzene rings is 1. The number of thiophene rings is 1. The van der Waals surface area contributed by atoms with Crippen molar-refractivity contribution in [3.8, 4) is 0 Å². The van der Waals surface area contributed by atoms with Crippen LogP contribution in [0, 0.1) is 5.92 Å². The van der Waals surface area contributed by atoms with Gasteiger partial charge in [0.25, 0.3) is 0 Å². The summed E-state index contributed by atoms with van der Waals surface area (Å²) in [7, 11) is 0. The van der Waals surface area contributed by atoms with Crippen LogP contribution in [0.2, 0.25) is 0 Å². The molecule has 4 heteroatoms. The Kier molecular flexibility index (Phi) is 6.40. The monoisotopic (exact) mass is 355 g/mol. The maximum absolute atomic E-state index is 12.5. The molecular formula is C21H25NO2S. The van der Waals surface area contributed by atoms with E-state index in [4.69, 9.17) is 0 Å². The SMILES string of the molecule is O=C(CCC(=O)c1cccs1)NC(c1ccccc1)C1CCCCC1. The molecule has 0 saturated heterocycles. The van der Waals surface area contributed by atoms with Crippen LogP contribution < -0.4 is 5.32 Å². The van der Waals surface area contributed by atoms with Gasteiger partial charge in [-0.2, -0.15) is 0 Å². The lowest BCUT2D eigenvalue weighted by atomic mass is 9.81. The zero-order valence-electron chi connectivity index (χ0n) is 14.4. The topological polar surface area (TPSA) is 46.2 Å². The van der Waals surface area contributed by atoms with Gasteiger partial charge in [0.2, 0.25) is 5.91 Å². The van der Waals surface area contributed by atoms with Gasteiger partial charge in [0.1, 0.15) is 0 Å². The second-order valence-corrected chi connectivity index (χ2v) is 7.70. The molecule has 1 aliphatic carbocycles. The smallest absolute Gasteiger partial charge is 0.220 e. The van der Waals surface area contributed by atoms with Gasteiger partial charge in [0.05, 0.1) is 10.9 Å². The summed E-state index contributed by atoms with van der Waals surface area (Å²) in [4.78, 5) is 25.3. The molecule has 0 aliphatic heterocycles. The number of hydrogen-bond donors (Lipinski definition) is 1. The molecule has 1 aliphatic rings. The highest BCUT2D eigenvalue weighted by Crippen LogP contribution is 2.34. The second-order valence-electron chi connectivity index (χ2n) is 6.75. The highest BCUT2D eigenvalue weighted by Gasteiger charge is 2.26. The Morgan fingerprint density at radius 1 is 1.00 bits per heavy atom. The molecule has 0 radical (unpaired) electrons. The Hall–Kier alpha value is -1.94. The van der Waals surface area contributed by atoms with Crippen molar-refractivity contribution in [3.63, 3.8) is 0 Å². The first-order valence-corrected chi connectivity index (χ1v) is 10.0. The first-order valence-electron chi connectivity index (χ1n) is 9.15. The van der Waals surface area contributed by atoms with Crippen molar-refractivity contribution in [1.29, 1.82) is 0 Å². The van der Waals surface area contributed by atoms with Crippen LogP contribution in [-0.2, 0) is 4.79 Å². The quantitative estimate of drug-likeness (QED) is 0.698. The molecule has 1 N–H and O–H groups in total. The van der Waals surface area contributed by atoms with Crippen LogP contribution in [0.15, 0.2) is 47.8 Å². The minimum absolute atomic E-state index is 0.0238. The van der Waals surface area contributed by atoms with Crippen LogP contribution in [0.1, 0.15) is 66.2 Å². The van der Waals surface area contributed by atoms with Crippen LogP contribution in [0.25, 0.3) is 0 Å². The molecule has 1 heterocycles. The molecule has 1 unspecified atom stereocenters. The Balaban J connectivity index is 1.61. The zero-order chi connectivity index (χ0) is 17.5. The molecule has 1 aromatic heterocycles. The third-order valence-electron chi connectivity index (χ3n) is 4.97. The average molecular weight is 356 g/mol. The lowest BCUT2D eigenvalue weighted by Gasteiger charge is -2.31. The maximum atomic E-state index is 12.5. The lowest BCUT2D eigenvalue weighted by molar-refractivity contribution is -0.122. The van der Waals surface area contributed by atoms with Crippen LogP contribution in [0.5, 0.6) is 0 Å². The summed E-state index contributed by atoms with van der Waals surface area (Å²) in [5.41, 5.74) is 1.17. The van der Waals surface area contributed by atoms with Gasteiger partial charge in [-0.15, -0.1) is 11.3 Å². The number of nitrogens with one attached hydrogen (secondary N) is 1. The molecule has 3 rings (SSSR count). The average Bonchev–Trinajstić information content (AvgIpc) is 3.20. The fourth-order valence-corrected chi connectivity index (χ4v) is 4.33. The van der Waals surface area contributed by atoms with E-state index in [0.717, 1.165) is 17.7 Å². The highest BCUT2D eigenvalue weighted by atomic mass is 32.1. The van der Waals surface area contributed by atoms with Gasteiger partial charge >= 0.3 is 0 Å². The van der Waals surface area contributed by atoms with Crippen LogP contribution in [0.4, 0.5) is 0 Å². The van der Waals surface area contributed by atoms with Gasteiger partial charge in [-0.3, -0.25) is 9.59 Å². The van der Waals surface area contributed by atoms with Crippen molar-refractivity contribution in [1.82, 2.24) is 5.32 Å². The first kappa shape index (κ1) is 17.9. The molecule has 2 aromatic rings. The summed E-state index contributed by atoms with van der Waals surface area (Å²) >= 11 is 1.43. The summed E-state index contributed by atoms with van der Waals surface area (Å²) in [5.74, 6) is 0.525. The molecule has 132 valence electrons. The minimum Gasteiger partial charge on any atom is -0.349 e. The number of ketones is 1. The lowest BCUT2D eigenvalue weighted by Crippen LogP contribution is -2.34. The Morgan fingerprint density at radius 3 is 2.44 bits per heavy atom. The Morgan fingerprint density at radius 2 is 1.76 bits per heavy atom. The van der Waals surface area contributed by atoms with Gasteiger partial charge in [-0.25, -0.2) is 0 Å². The standard InChI is InChI=1S/C21H25NO2S/c23-18(19-12-7-15-25-19)13-14-20(24)22-21(16-8-3-1-4-9-16)17-10-5-2-6-11-17/h1,3-4,7-9,12,15,17,21H,2,5-6,10-11,13-14H2,(H,22,24). The van der Waals surface area contributed by atoms with Gasteiger partial charge in [0, 0.05) is 12.8 Å². The number of hydrogen-bond acceptors (Lipinski definition) is 3. The Bertz CT molecular complexity index is 675. The van der Waals surface area contributed by atoms with Crippen molar-refractivity contribution < 1.29 is 9.59 Å². The Labute approximate surface area is 153 Å². The summed E-state index contributed by atoms with van der Waals surface area (Å²) in [5, 5.41) is 5.11. The number of Topliss-reactive ketones (excluding diaryl/α,β-unsaturated/α-hetero) is 1. The number of carbonyl (C=O) groups excluding carboxylic acids is 2. The first-order chi connectivity index (χ1) is 12.2. The van der Waals surface area contributed by atoms with E-state index < -0.39 is 0 Å². The minimum atomic E-state index is -0.0238. The van der Waals surface area contributed by atoms with E-state index in [2.05, 4.69) is 17.4 Å². The normalized spacial score (nSPS) is 16.3. The second kappa shape index (κ2) is 8.95. The molecule has 0 spiro atoms. The summed E-state index contributed by atoms with van der Waals surface area (Å²) in [6.45, 7) is 0. The van der Waals surface area contributed by atoms with Crippen LogP contribution in [-0.4, -0.2) is 11.7 Å². The van der Waals surface area contributed by atoms with Gasteiger partial charge < -0.3 is 5.32 Å². The number of amides is 1. The molecule has 1 aromatic carbocycles. The highest BCUT2D eigenvalue weighted by molar-refractivity contribution is 7.12. The van der Waals surface area contributed by atoms with E-state index >= 15 is 0 Å². The fourth-order valence-electron chi connectivity index (χ4n) is 3.63. The predicted octanol–water partition coefficient (Wildman–Crippen LogP) is 5.15. The van der Waals surface area contributed by atoms with Crippen molar-refractivity contribution >= 4 is 23.0 Å². The van der Waals surface area contributed by atoms with E-state index in [-0.39, 0.29) is 30.6 Å². The maximum Gasteiger partial charge on any atom is 0.220 e. The molecule has 25 heavy (non-hydrogen) atoms. The molecule has 3 nitrogen and oxygen atoms in total. The fraction of sp³-hybridized carbons (Fsp3) is 0.429. The van der Waals surface area contributed by atoms with Gasteiger partial charge in [-0.05, 0) is 35.8 Å². The molecule has 0 bridgehead atoms. The summed E-state index contributed by atoms with van der Waals surface area (Å²) in [6, 6.07) is 14.0. The summed E-state index contributed by atoms with van der Waals surface area (Å²) < 4.78 is 0. The largest absolute Gasteiger partial charge is 0.349 e. The van der Waals surface area contributed by atoms with Gasteiger partial charge in [-0.1, -0.05) is 55.7 Å². The molecule has 1 fully saturated rings. The number of rotatable bonds is 7. The van der Waals surface area contributed by atoms with Crippen molar-refractivity contribution in [2.45, 2.75) is 51.0 Å².